The Kier molecular flexibility index (Phi) is 14.8. The first-order valence-corrected chi connectivity index (χ1v) is 23.4. The van der Waals surface area contributed by atoms with Crippen molar-refractivity contribution in [2.45, 2.75) is 63.1 Å². The van der Waals surface area contributed by atoms with Crippen LogP contribution in [0.25, 0.3) is 21.9 Å². The Balaban J connectivity index is 0.915. The summed E-state index contributed by atoms with van der Waals surface area (Å²) in [5, 5.41) is 42.4. The molecule has 70 heavy (non-hydrogen) atoms. The zero-order valence-electron chi connectivity index (χ0n) is 38.9. The molecule has 3 heterocycles. The molecule has 0 radical (unpaired) electrons. The number of carbonyl (C=O) groups is 3. The fraction of sp³-hybridized carbons (Fsp3) is 0.304. The highest BCUT2D eigenvalue weighted by atomic mass is 16.5. The highest BCUT2D eigenvalue weighted by Gasteiger charge is 2.41. The molecule has 0 spiro atoms. The van der Waals surface area contributed by atoms with Crippen LogP contribution in [0.4, 0.5) is 0 Å². The molecule has 362 valence electrons. The third kappa shape index (κ3) is 10.6. The smallest absolute Gasteiger partial charge is 0.371 e. The summed E-state index contributed by atoms with van der Waals surface area (Å²) in [5.41, 5.74) is -0.152. The number of rotatable bonds is 20. The first-order chi connectivity index (χ1) is 33.6. The predicted octanol–water partition coefficient (Wildman–Crippen LogP) is 8.77. The van der Waals surface area contributed by atoms with E-state index in [1.807, 2.05) is 84.9 Å². The molecular weight excluding hydrogens is 895 g/mol. The molecule has 7 aromatic rings. The quantitative estimate of drug-likeness (QED) is 0.0562. The van der Waals surface area contributed by atoms with Crippen LogP contribution in [0.1, 0.15) is 95.4 Å². The minimum absolute atomic E-state index is 0.00203. The van der Waals surface area contributed by atoms with Crippen LogP contribution in [0.2, 0.25) is 0 Å². The van der Waals surface area contributed by atoms with Crippen molar-refractivity contribution < 1.29 is 53.1 Å². The van der Waals surface area contributed by atoms with E-state index >= 15 is 0 Å². The van der Waals surface area contributed by atoms with Gasteiger partial charge in [-0.2, -0.15) is 0 Å². The normalized spacial score (nSPS) is 14.2. The second-order valence-corrected chi connectivity index (χ2v) is 18.5. The van der Waals surface area contributed by atoms with Crippen molar-refractivity contribution >= 4 is 39.7 Å². The minimum Gasteiger partial charge on any atom is -0.492 e. The van der Waals surface area contributed by atoms with Gasteiger partial charge in [-0.05, 0) is 112 Å². The molecule has 0 saturated carbocycles. The molecule has 0 amide bonds. The maximum Gasteiger partial charge on any atom is 0.371 e. The lowest BCUT2D eigenvalue weighted by Crippen LogP contribution is -2.44. The Morgan fingerprint density at radius 3 is 1.63 bits per heavy atom. The number of nitrogens with zero attached hydrogens (tertiary/aromatic N) is 1. The van der Waals surface area contributed by atoms with Crippen LogP contribution in [-0.2, 0) is 15.8 Å². The van der Waals surface area contributed by atoms with E-state index in [0.717, 1.165) is 67.7 Å². The number of benzene rings is 5. The van der Waals surface area contributed by atoms with Gasteiger partial charge in [-0.1, -0.05) is 97.1 Å². The van der Waals surface area contributed by atoms with Gasteiger partial charge in [0.2, 0.25) is 11.5 Å². The second-order valence-electron chi connectivity index (χ2n) is 18.5. The van der Waals surface area contributed by atoms with Crippen LogP contribution in [0.5, 0.6) is 11.5 Å². The van der Waals surface area contributed by atoms with Crippen LogP contribution >= 0.6 is 0 Å². The van der Waals surface area contributed by atoms with Crippen molar-refractivity contribution in [3.8, 4) is 11.5 Å². The molecule has 4 N–H and O–H groups in total. The average Bonchev–Trinajstić information content (AvgIpc) is 3.37. The van der Waals surface area contributed by atoms with Gasteiger partial charge in [-0.3, -0.25) is 14.4 Å². The molecule has 5 aromatic carbocycles. The van der Waals surface area contributed by atoms with Crippen LogP contribution in [0.3, 0.4) is 0 Å². The van der Waals surface area contributed by atoms with Gasteiger partial charge in [0.25, 0.3) is 0 Å². The van der Waals surface area contributed by atoms with Gasteiger partial charge in [0.1, 0.15) is 44.8 Å². The summed E-state index contributed by atoms with van der Waals surface area (Å²) in [5.74, 6) is -4.50. The molecule has 14 nitrogen and oxygen atoms in total. The van der Waals surface area contributed by atoms with Crippen LogP contribution in [-0.4, -0.2) is 75.9 Å². The van der Waals surface area contributed by atoms with Crippen LogP contribution in [0.15, 0.2) is 152 Å². The Labute approximate surface area is 403 Å². The van der Waals surface area contributed by atoms with E-state index < -0.39 is 57.4 Å². The third-order valence-corrected chi connectivity index (χ3v) is 13.6. The molecule has 1 atom stereocenters. The van der Waals surface area contributed by atoms with E-state index in [1.165, 1.54) is 36.4 Å². The first-order valence-electron chi connectivity index (χ1n) is 23.4. The van der Waals surface area contributed by atoms with E-state index in [2.05, 4.69) is 4.90 Å². The van der Waals surface area contributed by atoms with Crippen molar-refractivity contribution in [1.29, 1.82) is 0 Å². The molecule has 0 bridgehead atoms. The summed E-state index contributed by atoms with van der Waals surface area (Å²) in [7, 11) is 0. The van der Waals surface area contributed by atoms with Crippen molar-refractivity contribution in [1.82, 2.24) is 4.90 Å². The van der Waals surface area contributed by atoms with Gasteiger partial charge in [-0.15, -0.1) is 0 Å². The lowest BCUT2D eigenvalue weighted by molar-refractivity contribution is -0.125. The number of aliphatic hydroxyl groups excluding tert-OH is 1. The number of aromatic carboxylic acids is 2. The molecule has 1 aliphatic rings. The lowest BCUT2D eigenvalue weighted by Gasteiger charge is -2.42. The molecule has 1 fully saturated rings. The number of hydrogen-bond acceptors (Lipinski definition) is 12. The highest BCUT2D eigenvalue weighted by Crippen LogP contribution is 2.42. The summed E-state index contributed by atoms with van der Waals surface area (Å²) in [6, 6.07) is 37.9. The number of Topliss-reactive ketones (excluding diaryl/α,β-unsaturated/α-hetero) is 1. The maximum atomic E-state index is 14.3. The topological polar surface area (TPSA) is 214 Å². The number of hydrogen-bond donors (Lipinski definition) is 4. The number of fused-ring (bicyclic) bond motifs is 2. The van der Waals surface area contributed by atoms with Crippen LogP contribution < -0.4 is 20.3 Å². The van der Waals surface area contributed by atoms with Crippen molar-refractivity contribution in [2.24, 2.45) is 11.8 Å². The zero-order chi connectivity index (χ0) is 49.6. The summed E-state index contributed by atoms with van der Waals surface area (Å²) in [6.07, 6.45) is 2.17. The van der Waals surface area contributed by atoms with Gasteiger partial charge in [-0.25, -0.2) is 9.59 Å². The van der Waals surface area contributed by atoms with Gasteiger partial charge < -0.3 is 43.6 Å². The number of ketones is 1. The molecule has 14 heteroatoms. The van der Waals surface area contributed by atoms with Crippen molar-refractivity contribution in [3.05, 3.63) is 188 Å². The van der Waals surface area contributed by atoms with Gasteiger partial charge in [0.15, 0.2) is 10.9 Å². The second kappa shape index (κ2) is 21.1. The molecule has 0 aliphatic carbocycles. The first kappa shape index (κ1) is 49.0. The fourth-order valence-corrected chi connectivity index (χ4v) is 9.46. The van der Waals surface area contributed by atoms with Gasteiger partial charge >= 0.3 is 11.9 Å². The number of ether oxygens (including phenoxy) is 2. The molecule has 8 rings (SSSR count). The van der Waals surface area contributed by atoms with E-state index in [9.17, 15) is 44.4 Å². The summed E-state index contributed by atoms with van der Waals surface area (Å²) in [6.45, 7) is 5.78. The van der Waals surface area contributed by atoms with E-state index in [-0.39, 0.29) is 64.8 Å². The number of piperidine rings is 1. The molecule has 1 saturated heterocycles. The largest absolute Gasteiger partial charge is 0.492 e. The molecular formula is C56H55NO13. The maximum absolute atomic E-state index is 14.3. The summed E-state index contributed by atoms with van der Waals surface area (Å²) in [4.78, 5) is 66.0. The van der Waals surface area contributed by atoms with E-state index in [1.54, 1.807) is 13.8 Å². The van der Waals surface area contributed by atoms with Crippen molar-refractivity contribution in [3.63, 3.8) is 0 Å². The fourth-order valence-electron chi connectivity index (χ4n) is 9.46. The number of carboxylic acid groups (broad SMARTS) is 2. The molecule has 1 unspecified atom stereocenters. The number of carboxylic acids is 2. The Hall–Kier alpha value is -7.39. The number of likely N-dealkylation sites (tertiary alicyclic amines) is 1. The third-order valence-electron chi connectivity index (χ3n) is 13.6. The summed E-state index contributed by atoms with van der Waals surface area (Å²) < 4.78 is 23.2. The SMILES string of the molecule is CC(C)(C(=O)CC(COc1cccc2oc(C(=O)O)cc(=O)c12)COc1cccc2oc(C(=O)O)cc(=O)c12)c1ccc(C(O)CCCN2CCC(C(O)(c3ccccc3)c3ccccc3)CC2)cc1. The van der Waals surface area contributed by atoms with Gasteiger partial charge in [0, 0.05) is 29.9 Å². The highest BCUT2D eigenvalue weighted by molar-refractivity contribution is 5.91. The number of aliphatic hydroxyl groups is 2. The molecule has 1 aliphatic heterocycles. The minimum atomic E-state index is -1.41. The number of carbonyl (C=O) groups excluding carboxylic acids is 1. The zero-order valence-corrected chi connectivity index (χ0v) is 38.9. The van der Waals surface area contributed by atoms with Crippen LogP contribution in [0, 0.1) is 11.8 Å². The summed E-state index contributed by atoms with van der Waals surface area (Å²) >= 11 is 0. The molecule has 2 aromatic heterocycles. The Bertz CT molecular complexity index is 2950. The average molecular weight is 950 g/mol. The van der Waals surface area contributed by atoms with Gasteiger partial charge in [0.05, 0.1) is 19.3 Å². The monoisotopic (exact) mass is 949 g/mol. The Morgan fingerprint density at radius 1 is 0.671 bits per heavy atom. The standard InChI is InChI=1S/C56H55NO13/c1-55(2,37-23-21-36(22-24-37)41(58)16-11-27-57-28-25-40(26-29-57)56(66,38-12-5-3-6-13-38)39-14-7-4-8-15-39)50(61)30-35(33-67-44-17-9-19-46-51(44)42(59)31-48(69-46)53(62)63)34-68-45-18-10-20-47-52(45)43(60)32-49(70-47)54(64)65/h3-10,12-15,17-24,31-32,35,40-41,58,66H,11,16,25-30,33-34H2,1-2H3,(H,62,63)(H,64,65). The Morgan fingerprint density at radius 2 is 1.16 bits per heavy atom. The lowest BCUT2D eigenvalue weighted by atomic mass is 9.72. The van der Waals surface area contributed by atoms with E-state index in [4.69, 9.17) is 18.3 Å². The van der Waals surface area contributed by atoms with Crippen molar-refractivity contribution in [2.75, 3.05) is 32.8 Å². The predicted molar refractivity (Wildman–Crippen MR) is 262 cm³/mol. The van der Waals surface area contributed by atoms with E-state index in [0.29, 0.717) is 12.0 Å².